The molecule has 2 N–H and O–H groups in total. The fourth-order valence-corrected chi connectivity index (χ4v) is 13.4. The van der Waals surface area contributed by atoms with E-state index in [4.69, 9.17) is 51.8 Å². The SMILES string of the molecule is CCC(C)(C)[C@H]1O[C@]2(CC[C@@H]1C)C[C@@H]1C[C@@](C)(C/C=C(\C)[C@@H](O[C@H]3C[C@H](OC)[C@@H](O[C@H]4C[C@H](OC)[C@@H](O)[C@H](C)O4)[C@H](C)O3)[C@@H](C)/C=C/C=C3\CO[C@@H]4[C@H](O[Si](C)(C)C(C)(C)C)C(C)=C[C@@H](C(=O)O1)[C@]34O)O2. The topological polar surface area (TPSA) is 159 Å². The molecule has 15 heteroatoms. The molecule has 5 fully saturated rings. The highest BCUT2D eigenvalue weighted by molar-refractivity contribution is 6.74. The van der Waals surface area contributed by atoms with Crippen molar-refractivity contribution in [1.29, 1.82) is 0 Å². The van der Waals surface area contributed by atoms with E-state index < -0.39 is 105 Å². The average Bonchev–Trinajstić information content (AvgIpc) is 3.63. The summed E-state index contributed by atoms with van der Waals surface area (Å²) in [6, 6.07) is 0. The minimum absolute atomic E-state index is 0.0696. The van der Waals surface area contributed by atoms with Crippen LogP contribution in [0, 0.1) is 23.2 Å². The van der Waals surface area contributed by atoms with Crippen LogP contribution in [0.3, 0.4) is 0 Å². The van der Waals surface area contributed by atoms with E-state index >= 15 is 4.79 Å². The zero-order chi connectivity index (χ0) is 52.2. The molecular weight excluding hydrogens is 925 g/mol. The maximum absolute atomic E-state index is 15.0. The summed E-state index contributed by atoms with van der Waals surface area (Å²) < 4.78 is 72.9. The normalized spacial score (nSPS) is 46.0. The molecule has 0 amide bonds. The van der Waals surface area contributed by atoms with Crippen molar-refractivity contribution in [3.8, 4) is 0 Å². The Bertz CT molecular complexity index is 1990. The number of allylic oxidation sites excluding steroid dienone is 2. The molecule has 0 aromatic carbocycles. The van der Waals surface area contributed by atoms with E-state index in [-0.39, 0.29) is 35.2 Å². The number of methoxy groups -OCH3 is 2. The zero-order valence-electron chi connectivity index (χ0n) is 46.3. The summed E-state index contributed by atoms with van der Waals surface area (Å²) in [7, 11) is 0.873. The van der Waals surface area contributed by atoms with Gasteiger partial charge < -0.3 is 62.0 Å². The molecule has 0 saturated carbocycles. The highest BCUT2D eigenvalue weighted by atomic mass is 28.4. The smallest absolute Gasteiger partial charge is 0.316 e. The summed E-state index contributed by atoms with van der Waals surface area (Å²) in [6.45, 7) is 32.1. The van der Waals surface area contributed by atoms with E-state index in [2.05, 4.69) is 94.5 Å². The van der Waals surface area contributed by atoms with E-state index in [1.807, 2.05) is 39.0 Å². The molecule has 7 rings (SSSR count). The van der Waals surface area contributed by atoms with Crippen molar-refractivity contribution in [1.82, 2.24) is 0 Å². The van der Waals surface area contributed by atoms with E-state index in [0.717, 1.165) is 24.0 Å². The monoisotopic (exact) mass is 1020 g/mol. The number of rotatable bonds is 10. The maximum atomic E-state index is 15.0. The van der Waals surface area contributed by atoms with Gasteiger partial charge in [-0.05, 0) is 100 Å². The Morgan fingerprint density at radius 2 is 1.56 bits per heavy atom. The standard InChI is InChI=1S/C56H92O14Si/c1-18-53(11,12)49-34(4)23-25-55(68-49)30-39-29-54(13,70-55)24-22-33(3)46(66-44-28-42(61-15)48(37(7)64-44)67-43-27-41(60-14)45(57)36(6)63-43)32(2)20-19-21-38-31-62-50-47(69-71(16,17)52(8,9)10)35(5)26-40(51(58)65-39)56(38,50)59/h19-22,26,32,34,36-37,39-50,57,59H,18,23-25,27-31H2,1-17H3/b20-19+,33-22+,38-21+/t32-,34-,36-,37-,39-,40-,41-,42-,43-,44-,45-,46-,47+,48-,49-,50+,54+,55-,56+/m0/s1. The summed E-state index contributed by atoms with van der Waals surface area (Å²) in [4.78, 5) is 15.0. The largest absolute Gasteiger partial charge is 0.462 e. The molecule has 19 atom stereocenters. The van der Waals surface area contributed by atoms with E-state index in [9.17, 15) is 10.2 Å². The van der Waals surface area contributed by atoms with E-state index in [0.29, 0.717) is 50.0 Å². The number of esters is 1. The molecule has 0 aromatic rings. The maximum Gasteiger partial charge on any atom is 0.316 e. The van der Waals surface area contributed by atoms with Gasteiger partial charge in [0.1, 0.15) is 35.9 Å². The molecule has 0 aromatic heterocycles. The number of hydrogen-bond donors (Lipinski definition) is 2. The van der Waals surface area contributed by atoms with Crippen molar-refractivity contribution in [2.24, 2.45) is 23.2 Å². The molecule has 6 aliphatic heterocycles. The van der Waals surface area contributed by atoms with E-state index in [1.165, 1.54) is 0 Å². The second-order valence-corrected chi connectivity index (χ2v) is 29.6. The number of carbonyl (C=O) groups is 1. The fourth-order valence-electron chi connectivity index (χ4n) is 12.1. The summed E-state index contributed by atoms with van der Waals surface area (Å²) in [6.07, 6.45) is 7.90. The number of hydrogen-bond acceptors (Lipinski definition) is 14. The number of aliphatic hydroxyl groups is 2. The van der Waals surface area contributed by atoms with Gasteiger partial charge in [-0.1, -0.05) is 85.8 Å². The van der Waals surface area contributed by atoms with Crippen molar-refractivity contribution in [3.05, 3.63) is 47.1 Å². The Morgan fingerprint density at radius 3 is 2.23 bits per heavy atom. The molecular formula is C56H92O14Si. The molecule has 404 valence electrons. The zero-order valence-corrected chi connectivity index (χ0v) is 47.3. The lowest BCUT2D eigenvalue weighted by atomic mass is 9.70. The second kappa shape index (κ2) is 21.7. The first-order valence-electron chi connectivity index (χ1n) is 26.8. The van der Waals surface area contributed by atoms with Gasteiger partial charge in [0.25, 0.3) is 0 Å². The average molecular weight is 1020 g/mol. The second-order valence-electron chi connectivity index (χ2n) is 24.9. The predicted octanol–water partition coefficient (Wildman–Crippen LogP) is 9.41. The Kier molecular flexibility index (Phi) is 17.4. The first kappa shape index (κ1) is 56.9. The van der Waals surface area contributed by atoms with Crippen molar-refractivity contribution >= 4 is 14.3 Å². The third-order valence-electron chi connectivity index (χ3n) is 17.9. The van der Waals surface area contributed by atoms with E-state index in [1.54, 1.807) is 14.2 Å². The van der Waals surface area contributed by atoms with Gasteiger partial charge in [-0.15, -0.1) is 0 Å². The molecule has 1 spiro atoms. The van der Waals surface area contributed by atoms with Crippen LogP contribution in [0.25, 0.3) is 0 Å². The van der Waals surface area contributed by atoms with Crippen LogP contribution in [0.5, 0.6) is 0 Å². The lowest BCUT2D eigenvalue weighted by Crippen LogP contribution is -2.61. The minimum Gasteiger partial charge on any atom is -0.462 e. The van der Waals surface area contributed by atoms with Crippen LogP contribution in [0.2, 0.25) is 18.1 Å². The lowest BCUT2D eigenvalue weighted by molar-refractivity contribution is -0.367. The molecule has 6 heterocycles. The van der Waals surface area contributed by atoms with Crippen molar-refractivity contribution in [2.45, 2.75) is 256 Å². The van der Waals surface area contributed by atoms with Gasteiger partial charge in [0.05, 0.1) is 54.9 Å². The van der Waals surface area contributed by atoms with Crippen molar-refractivity contribution < 1.29 is 66.8 Å². The number of aliphatic hydroxyl groups excluding tert-OH is 1. The van der Waals surface area contributed by atoms with Gasteiger partial charge in [0, 0.05) is 52.2 Å². The van der Waals surface area contributed by atoms with Crippen LogP contribution in [0.4, 0.5) is 0 Å². The molecule has 71 heavy (non-hydrogen) atoms. The van der Waals surface area contributed by atoms with Crippen LogP contribution in [0.1, 0.15) is 141 Å². The highest BCUT2D eigenvalue weighted by Crippen LogP contribution is 2.52. The molecule has 14 nitrogen and oxygen atoms in total. The predicted molar refractivity (Wildman–Crippen MR) is 273 cm³/mol. The van der Waals surface area contributed by atoms with Crippen LogP contribution in [-0.2, 0) is 56.6 Å². The Balaban J connectivity index is 1.24. The summed E-state index contributed by atoms with van der Waals surface area (Å²) in [5, 5.41) is 23.8. The fraction of sp³-hybridized carbons (Fsp3) is 0.839. The van der Waals surface area contributed by atoms with Crippen LogP contribution >= 0.6 is 0 Å². The van der Waals surface area contributed by atoms with Gasteiger partial charge in [0.15, 0.2) is 26.7 Å². The summed E-state index contributed by atoms with van der Waals surface area (Å²) in [5.41, 5.74) is -0.241. The number of carbonyl (C=O) groups excluding carboxylic acids is 1. The van der Waals surface area contributed by atoms with Crippen LogP contribution in [0.15, 0.2) is 47.1 Å². The first-order valence-corrected chi connectivity index (χ1v) is 29.7. The molecule has 1 aliphatic carbocycles. The van der Waals surface area contributed by atoms with Crippen LogP contribution < -0.4 is 0 Å². The van der Waals surface area contributed by atoms with Crippen molar-refractivity contribution in [3.63, 3.8) is 0 Å². The lowest BCUT2D eigenvalue weighted by Gasteiger charge is -2.55. The Labute approximate surface area is 427 Å². The quantitative estimate of drug-likeness (QED) is 0.121. The van der Waals surface area contributed by atoms with Gasteiger partial charge in [-0.2, -0.15) is 0 Å². The van der Waals surface area contributed by atoms with Gasteiger partial charge >= 0.3 is 5.97 Å². The third kappa shape index (κ3) is 11.8. The Morgan fingerprint density at radius 1 is 0.901 bits per heavy atom. The number of ether oxygens (including phenoxy) is 10. The minimum atomic E-state index is -2.38. The number of fused-ring (bicyclic) bond motifs is 2. The first-order chi connectivity index (χ1) is 33.1. The van der Waals surface area contributed by atoms with Gasteiger partial charge in [0.2, 0.25) is 0 Å². The van der Waals surface area contributed by atoms with Gasteiger partial charge in [-0.3, -0.25) is 4.79 Å². The van der Waals surface area contributed by atoms with Gasteiger partial charge in [-0.25, -0.2) is 0 Å². The van der Waals surface area contributed by atoms with Crippen LogP contribution in [-0.4, -0.2) is 142 Å². The molecule has 7 aliphatic rings. The molecule has 0 unspecified atom stereocenters. The Hall–Kier alpha value is -1.83. The molecule has 0 radical (unpaired) electrons. The highest BCUT2D eigenvalue weighted by Gasteiger charge is 2.62. The third-order valence-corrected chi connectivity index (χ3v) is 22.3. The summed E-state index contributed by atoms with van der Waals surface area (Å²) in [5.74, 6) is -2.41. The molecule has 2 bridgehead atoms. The molecule has 5 saturated heterocycles. The summed E-state index contributed by atoms with van der Waals surface area (Å²) >= 11 is 0. The van der Waals surface area contributed by atoms with Crippen molar-refractivity contribution in [2.75, 3.05) is 20.8 Å².